The van der Waals surface area contributed by atoms with E-state index in [-0.39, 0.29) is 30.5 Å². The zero-order chi connectivity index (χ0) is 24.9. The summed E-state index contributed by atoms with van der Waals surface area (Å²) in [5.41, 5.74) is 1.97. The highest BCUT2D eigenvalue weighted by molar-refractivity contribution is 5.70. The molecule has 0 aliphatic heterocycles. The second-order valence-electron chi connectivity index (χ2n) is 9.33. The van der Waals surface area contributed by atoms with E-state index in [9.17, 15) is 20.0 Å². The summed E-state index contributed by atoms with van der Waals surface area (Å²) in [7, 11) is 3.53. The number of carboxylic acids is 1. The third kappa shape index (κ3) is 5.56. The van der Waals surface area contributed by atoms with Gasteiger partial charge < -0.3 is 19.5 Å². The van der Waals surface area contributed by atoms with Crippen molar-refractivity contribution in [3.63, 3.8) is 0 Å². The molecule has 1 N–H and O–H groups in total. The summed E-state index contributed by atoms with van der Waals surface area (Å²) < 4.78 is 13.2. The molecule has 0 aromatic carbocycles. The summed E-state index contributed by atoms with van der Waals surface area (Å²) in [6.07, 6.45) is 7.80. The Morgan fingerprint density at radius 3 is 2.71 bits per heavy atom. The van der Waals surface area contributed by atoms with Crippen LogP contribution in [-0.4, -0.2) is 56.0 Å². The van der Waals surface area contributed by atoms with Gasteiger partial charge >= 0.3 is 12.1 Å². The molecule has 186 valence electrons. The van der Waals surface area contributed by atoms with E-state index >= 15 is 0 Å². The molecule has 2 aliphatic carbocycles. The Hall–Kier alpha value is -3.61. The summed E-state index contributed by atoms with van der Waals surface area (Å²) in [6, 6.07) is 5.72. The number of carboxylic acid groups (broad SMARTS) is 1. The van der Waals surface area contributed by atoms with Crippen LogP contribution in [0, 0.1) is 17.2 Å². The van der Waals surface area contributed by atoms with Crippen LogP contribution in [0.25, 0.3) is 11.3 Å². The molecule has 35 heavy (non-hydrogen) atoms. The zero-order valence-corrected chi connectivity index (χ0v) is 20.1. The minimum absolute atomic E-state index is 0.0300. The number of aliphatic carboxylic acids is 1. The van der Waals surface area contributed by atoms with Gasteiger partial charge in [0.25, 0.3) is 0 Å². The fourth-order valence-electron chi connectivity index (χ4n) is 4.95. The van der Waals surface area contributed by atoms with Gasteiger partial charge in [0.2, 0.25) is 0 Å². The number of rotatable bonds is 7. The number of aryl methyl sites for hydroxylation is 1. The van der Waals surface area contributed by atoms with E-state index in [4.69, 9.17) is 9.47 Å². The Morgan fingerprint density at radius 2 is 2.00 bits per heavy atom. The quantitative estimate of drug-likeness (QED) is 0.630. The molecule has 2 aromatic rings. The first-order chi connectivity index (χ1) is 16.9. The monoisotopic (exact) mass is 481 g/mol. The van der Waals surface area contributed by atoms with Gasteiger partial charge in [0.15, 0.2) is 11.4 Å². The van der Waals surface area contributed by atoms with Gasteiger partial charge in [-0.1, -0.05) is 12.8 Å². The van der Waals surface area contributed by atoms with Gasteiger partial charge in [0.05, 0.1) is 29.6 Å². The minimum Gasteiger partial charge on any atom is -0.487 e. The molecule has 2 atom stereocenters. The molecule has 2 aromatic heterocycles. The SMILES string of the molecule is CN(C(=O)OCc1c(-c2ccc(O[C@H]3CCC[C@H](C(=O)O)C3)c(C#N)n2)cnn1C)C1CCCC1. The molecule has 0 unspecified atom stereocenters. The van der Waals surface area contributed by atoms with Gasteiger partial charge in [-0.15, -0.1) is 0 Å². The maximum absolute atomic E-state index is 12.5. The van der Waals surface area contributed by atoms with E-state index in [0.717, 1.165) is 38.5 Å². The summed E-state index contributed by atoms with van der Waals surface area (Å²) >= 11 is 0. The van der Waals surface area contributed by atoms with E-state index in [2.05, 4.69) is 16.2 Å². The molecule has 2 heterocycles. The first-order valence-corrected chi connectivity index (χ1v) is 12.1. The first-order valence-electron chi connectivity index (χ1n) is 12.1. The molecule has 2 aliphatic rings. The van der Waals surface area contributed by atoms with Crippen LogP contribution in [0.15, 0.2) is 18.3 Å². The topological polar surface area (TPSA) is 131 Å². The summed E-state index contributed by atoms with van der Waals surface area (Å²) in [6.45, 7) is 0.0300. The van der Waals surface area contributed by atoms with Gasteiger partial charge in [0.1, 0.15) is 12.7 Å². The van der Waals surface area contributed by atoms with Gasteiger partial charge in [0, 0.05) is 25.7 Å². The highest BCUT2D eigenvalue weighted by Crippen LogP contribution is 2.31. The van der Waals surface area contributed by atoms with Crippen molar-refractivity contribution in [3.05, 3.63) is 29.7 Å². The van der Waals surface area contributed by atoms with Crippen molar-refractivity contribution in [1.29, 1.82) is 5.26 Å². The Balaban J connectivity index is 1.47. The zero-order valence-electron chi connectivity index (χ0n) is 20.1. The number of nitrogens with zero attached hydrogens (tertiary/aromatic N) is 5. The van der Waals surface area contributed by atoms with Crippen molar-refractivity contribution >= 4 is 12.1 Å². The van der Waals surface area contributed by atoms with Crippen molar-refractivity contribution in [2.24, 2.45) is 13.0 Å². The number of hydrogen-bond acceptors (Lipinski definition) is 7. The number of carbonyl (C=O) groups is 2. The fourth-order valence-corrected chi connectivity index (χ4v) is 4.95. The largest absolute Gasteiger partial charge is 0.487 e. The minimum atomic E-state index is -0.813. The van der Waals surface area contributed by atoms with E-state index in [0.29, 0.717) is 35.5 Å². The van der Waals surface area contributed by atoms with Crippen LogP contribution in [0.5, 0.6) is 5.75 Å². The average molecular weight is 482 g/mol. The number of ether oxygens (including phenoxy) is 2. The highest BCUT2D eigenvalue weighted by Gasteiger charge is 2.29. The number of aromatic nitrogens is 3. The molecule has 0 spiro atoms. The van der Waals surface area contributed by atoms with Gasteiger partial charge in [-0.25, -0.2) is 9.78 Å². The normalized spacial score (nSPS) is 20.3. The Kier molecular flexibility index (Phi) is 7.54. The maximum atomic E-state index is 12.5. The first kappa shape index (κ1) is 24.5. The molecular formula is C25H31N5O5. The van der Waals surface area contributed by atoms with E-state index in [1.54, 1.807) is 42.0 Å². The smallest absolute Gasteiger partial charge is 0.410 e. The maximum Gasteiger partial charge on any atom is 0.410 e. The fraction of sp³-hybridized carbons (Fsp3) is 0.560. The molecule has 2 saturated carbocycles. The number of hydrogen-bond donors (Lipinski definition) is 1. The molecule has 1 amide bonds. The standard InChI is InChI=1S/C25H31N5O5/c1-29(17-7-3-4-8-17)25(33)34-15-22-19(14-27-30(22)2)20-10-11-23(21(13-26)28-20)35-18-9-5-6-16(12-18)24(31)32/h10-11,14,16-18H,3-9,12,15H2,1-2H3,(H,31,32)/t16-,18-/m0/s1. The third-order valence-corrected chi connectivity index (χ3v) is 7.06. The summed E-state index contributed by atoms with van der Waals surface area (Å²) in [5, 5.41) is 23.3. The number of amides is 1. The molecular weight excluding hydrogens is 450 g/mol. The molecule has 10 heteroatoms. The molecule has 0 saturated heterocycles. The van der Waals surface area contributed by atoms with Crippen molar-refractivity contribution in [1.82, 2.24) is 19.7 Å². The Labute approximate surface area is 204 Å². The van der Waals surface area contributed by atoms with E-state index in [1.807, 2.05) is 0 Å². The number of carbonyl (C=O) groups excluding carboxylic acids is 1. The lowest BCUT2D eigenvalue weighted by molar-refractivity contribution is -0.143. The molecule has 0 radical (unpaired) electrons. The predicted molar refractivity (Wildman–Crippen MR) is 125 cm³/mol. The third-order valence-electron chi connectivity index (χ3n) is 7.06. The Bertz CT molecular complexity index is 1120. The van der Waals surface area contributed by atoms with E-state index < -0.39 is 11.9 Å². The van der Waals surface area contributed by atoms with Crippen LogP contribution in [0.2, 0.25) is 0 Å². The van der Waals surface area contributed by atoms with E-state index in [1.165, 1.54) is 0 Å². The lowest BCUT2D eigenvalue weighted by Gasteiger charge is -2.27. The van der Waals surface area contributed by atoms with Crippen molar-refractivity contribution in [3.8, 4) is 23.1 Å². The molecule has 4 rings (SSSR count). The van der Waals surface area contributed by atoms with Gasteiger partial charge in [-0.2, -0.15) is 10.4 Å². The lowest BCUT2D eigenvalue weighted by atomic mass is 9.87. The highest BCUT2D eigenvalue weighted by atomic mass is 16.6. The summed E-state index contributed by atoms with van der Waals surface area (Å²) in [4.78, 5) is 30.0. The average Bonchev–Trinajstić information content (AvgIpc) is 3.52. The molecule has 10 nitrogen and oxygen atoms in total. The predicted octanol–water partition coefficient (Wildman–Crippen LogP) is 3.89. The van der Waals surface area contributed by atoms with Crippen LogP contribution < -0.4 is 4.74 Å². The molecule has 2 fully saturated rings. The van der Waals surface area contributed by atoms with Crippen LogP contribution in [-0.2, 0) is 23.2 Å². The van der Waals surface area contributed by atoms with Crippen LogP contribution in [0.1, 0.15) is 62.8 Å². The van der Waals surface area contributed by atoms with Gasteiger partial charge in [-0.3, -0.25) is 9.48 Å². The van der Waals surface area contributed by atoms with Gasteiger partial charge in [-0.05, 0) is 50.7 Å². The number of nitriles is 1. The van der Waals surface area contributed by atoms with Crippen LogP contribution >= 0.6 is 0 Å². The molecule has 0 bridgehead atoms. The number of pyridine rings is 1. The van der Waals surface area contributed by atoms with Crippen molar-refractivity contribution in [2.45, 2.75) is 70.1 Å². The second-order valence-corrected chi connectivity index (χ2v) is 9.33. The van der Waals surface area contributed by atoms with Crippen LogP contribution in [0.3, 0.4) is 0 Å². The lowest BCUT2D eigenvalue weighted by Crippen LogP contribution is -2.35. The second kappa shape index (κ2) is 10.8. The Morgan fingerprint density at radius 1 is 1.23 bits per heavy atom. The van der Waals surface area contributed by atoms with Crippen LogP contribution in [0.4, 0.5) is 4.79 Å². The van der Waals surface area contributed by atoms with Crippen molar-refractivity contribution < 1.29 is 24.2 Å². The summed E-state index contributed by atoms with van der Waals surface area (Å²) in [5.74, 6) is -0.909. The van der Waals surface area contributed by atoms with Crippen molar-refractivity contribution in [2.75, 3.05) is 7.05 Å².